The molecule has 0 aromatic heterocycles. The molecule has 3 N–H and O–H groups in total. The van der Waals surface area contributed by atoms with Crippen molar-refractivity contribution in [1.82, 2.24) is 5.32 Å². The fourth-order valence-corrected chi connectivity index (χ4v) is 4.76. The molecule has 2 fully saturated rings. The molecule has 5 rings (SSSR count). The molecule has 2 aliphatic heterocycles. The van der Waals surface area contributed by atoms with Crippen molar-refractivity contribution < 1.29 is 9.53 Å². The number of hydrogen-bond donors (Lipinski definition) is 3. The van der Waals surface area contributed by atoms with Crippen molar-refractivity contribution in [1.29, 1.82) is 0 Å². The fraction of sp³-hybridized carbons (Fsp3) is 0.435. The number of anilines is 3. The topological polar surface area (TPSA) is 62.4 Å². The molecule has 5 heteroatoms. The summed E-state index contributed by atoms with van der Waals surface area (Å²) in [5.74, 6) is 0.169. The Balaban J connectivity index is 1.29. The van der Waals surface area contributed by atoms with Gasteiger partial charge in [0.1, 0.15) is 0 Å². The number of para-hydroxylation sites is 1. The van der Waals surface area contributed by atoms with Gasteiger partial charge < -0.3 is 20.7 Å². The maximum Gasteiger partial charge on any atom is 0.227 e. The Morgan fingerprint density at radius 2 is 1.89 bits per heavy atom. The number of carbonyl (C=O) groups excluding carboxylic acids is 1. The molecule has 146 valence electrons. The summed E-state index contributed by atoms with van der Waals surface area (Å²) in [6, 6.07) is 15.0. The first-order chi connectivity index (χ1) is 13.8. The van der Waals surface area contributed by atoms with Crippen LogP contribution in [0, 0.1) is 5.92 Å². The molecule has 1 saturated heterocycles. The molecule has 0 spiro atoms. The van der Waals surface area contributed by atoms with E-state index in [1.54, 1.807) is 0 Å². The normalized spacial score (nSPS) is 26.1. The lowest BCUT2D eigenvalue weighted by Gasteiger charge is -2.39. The van der Waals surface area contributed by atoms with Crippen LogP contribution in [0.15, 0.2) is 42.5 Å². The molecule has 0 unspecified atom stereocenters. The van der Waals surface area contributed by atoms with Crippen LogP contribution in [0.4, 0.5) is 17.1 Å². The number of rotatable bonds is 2. The van der Waals surface area contributed by atoms with Crippen LogP contribution in [0.25, 0.3) is 0 Å². The van der Waals surface area contributed by atoms with Crippen LogP contribution < -0.4 is 16.0 Å². The highest BCUT2D eigenvalue weighted by molar-refractivity contribution is 5.93. The molecular weight excluding hydrogens is 350 g/mol. The molecule has 28 heavy (non-hydrogen) atoms. The van der Waals surface area contributed by atoms with Crippen LogP contribution in [0.2, 0.25) is 0 Å². The Bertz CT molecular complexity index is 882. The van der Waals surface area contributed by atoms with Gasteiger partial charge in [-0.3, -0.25) is 4.79 Å². The van der Waals surface area contributed by atoms with Gasteiger partial charge in [-0.25, -0.2) is 0 Å². The Labute approximate surface area is 165 Å². The summed E-state index contributed by atoms with van der Waals surface area (Å²) >= 11 is 0. The molecule has 5 nitrogen and oxygen atoms in total. The van der Waals surface area contributed by atoms with Gasteiger partial charge in [0.15, 0.2) is 0 Å². The lowest BCUT2D eigenvalue weighted by Crippen LogP contribution is -2.52. The van der Waals surface area contributed by atoms with Gasteiger partial charge in [-0.1, -0.05) is 24.3 Å². The van der Waals surface area contributed by atoms with E-state index in [0.717, 1.165) is 62.3 Å². The van der Waals surface area contributed by atoms with E-state index in [9.17, 15) is 4.79 Å². The van der Waals surface area contributed by atoms with Gasteiger partial charge in [0, 0.05) is 35.6 Å². The minimum Gasteiger partial charge on any atom is -0.375 e. The summed E-state index contributed by atoms with van der Waals surface area (Å²) in [6.07, 6.45) is 5.01. The van der Waals surface area contributed by atoms with E-state index in [2.05, 4.69) is 52.3 Å². The molecule has 2 heterocycles. The summed E-state index contributed by atoms with van der Waals surface area (Å²) in [5, 5.41) is 10.2. The summed E-state index contributed by atoms with van der Waals surface area (Å²) < 4.78 is 5.83. The molecule has 3 aliphatic rings. The van der Waals surface area contributed by atoms with Crippen LogP contribution >= 0.6 is 0 Å². The van der Waals surface area contributed by atoms with Crippen molar-refractivity contribution in [3.63, 3.8) is 0 Å². The van der Waals surface area contributed by atoms with Crippen LogP contribution in [-0.4, -0.2) is 31.2 Å². The number of aryl methyl sites for hydroxylation is 2. The first-order valence-electron chi connectivity index (χ1n) is 10.4. The Morgan fingerprint density at radius 1 is 1.04 bits per heavy atom. The molecule has 2 aromatic carbocycles. The van der Waals surface area contributed by atoms with Crippen LogP contribution in [-0.2, 0) is 22.4 Å². The average Bonchev–Trinajstić information content (AvgIpc) is 2.92. The van der Waals surface area contributed by atoms with E-state index >= 15 is 0 Å². The maximum absolute atomic E-state index is 12.9. The van der Waals surface area contributed by atoms with Gasteiger partial charge in [0.25, 0.3) is 0 Å². The predicted molar refractivity (Wildman–Crippen MR) is 111 cm³/mol. The van der Waals surface area contributed by atoms with Crippen molar-refractivity contribution in [3.05, 3.63) is 53.6 Å². The van der Waals surface area contributed by atoms with Crippen molar-refractivity contribution in [2.75, 3.05) is 23.8 Å². The lowest BCUT2D eigenvalue weighted by atomic mass is 9.82. The van der Waals surface area contributed by atoms with Gasteiger partial charge in [-0.2, -0.15) is 0 Å². The Kier molecular flexibility index (Phi) is 4.79. The highest BCUT2D eigenvalue weighted by Crippen LogP contribution is 2.33. The fourth-order valence-electron chi connectivity index (χ4n) is 4.76. The zero-order valence-electron chi connectivity index (χ0n) is 16.0. The molecular formula is C23H27N3O2. The van der Waals surface area contributed by atoms with Crippen molar-refractivity contribution in [2.24, 2.45) is 5.92 Å². The number of amides is 1. The predicted octanol–water partition coefficient (Wildman–Crippen LogP) is 3.62. The largest absolute Gasteiger partial charge is 0.375 e. The number of ether oxygens (including phenoxy) is 1. The second kappa shape index (κ2) is 7.57. The first-order valence-corrected chi connectivity index (χ1v) is 10.4. The van der Waals surface area contributed by atoms with Crippen molar-refractivity contribution >= 4 is 23.0 Å². The lowest BCUT2D eigenvalue weighted by molar-refractivity contribution is -0.123. The number of morpholine rings is 1. The van der Waals surface area contributed by atoms with E-state index in [4.69, 9.17) is 4.74 Å². The zero-order valence-corrected chi connectivity index (χ0v) is 16.0. The van der Waals surface area contributed by atoms with E-state index < -0.39 is 0 Å². The van der Waals surface area contributed by atoms with Gasteiger partial charge in [0.2, 0.25) is 5.91 Å². The summed E-state index contributed by atoms with van der Waals surface area (Å²) in [5.41, 5.74) is 5.74. The average molecular weight is 377 g/mol. The second-order valence-corrected chi connectivity index (χ2v) is 8.12. The minimum atomic E-state index is 0.0444. The SMILES string of the molecule is O=C(Nc1ccc2c(c1)Nc1ccccc1CC2)[C@H]1CC[C@H]2OCCN[C@@H]2C1. The zero-order chi connectivity index (χ0) is 18.9. The molecule has 1 aliphatic carbocycles. The number of carbonyl (C=O) groups is 1. The number of fused-ring (bicyclic) bond motifs is 3. The van der Waals surface area contributed by atoms with Crippen molar-refractivity contribution in [2.45, 2.75) is 44.2 Å². The third-order valence-corrected chi connectivity index (χ3v) is 6.33. The minimum absolute atomic E-state index is 0.0444. The number of benzene rings is 2. The second-order valence-electron chi connectivity index (χ2n) is 8.12. The molecule has 2 aromatic rings. The monoisotopic (exact) mass is 377 g/mol. The maximum atomic E-state index is 12.9. The quantitative estimate of drug-likeness (QED) is 0.748. The third kappa shape index (κ3) is 3.52. The molecule has 1 amide bonds. The third-order valence-electron chi connectivity index (χ3n) is 6.33. The smallest absolute Gasteiger partial charge is 0.227 e. The van der Waals surface area contributed by atoms with Crippen LogP contribution in [0.1, 0.15) is 30.4 Å². The van der Waals surface area contributed by atoms with Gasteiger partial charge in [-0.15, -0.1) is 0 Å². The molecule has 0 bridgehead atoms. The van der Waals surface area contributed by atoms with E-state index in [1.807, 2.05) is 6.07 Å². The van der Waals surface area contributed by atoms with Crippen LogP contribution in [0.3, 0.4) is 0 Å². The Morgan fingerprint density at radius 3 is 2.82 bits per heavy atom. The highest BCUT2D eigenvalue weighted by atomic mass is 16.5. The van der Waals surface area contributed by atoms with Gasteiger partial charge in [0.05, 0.1) is 12.7 Å². The molecule has 0 radical (unpaired) electrons. The Hall–Kier alpha value is -2.37. The summed E-state index contributed by atoms with van der Waals surface area (Å²) in [4.78, 5) is 12.9. The highest BCUT2D eigenvalue weighted by Gasteiger charge is 2.35. The first kappa shape index (κ1) is 17.7. The van der Waals surface area contributed by atoms with Gasteiger partial charge in [-0.05, 0) is 61.4 Å². The molecule has 1 saturated carbocycles. The van der Waals surface area contributed by atoms with Crippen molar-refractivity contribution in [3.8, 4) is 0 Å². The van der Waals surface area contributed by atoms with E-state index in [1.165, 1.54) is 11.1 Å². The van der Waals surface area contributed by atoms with Crippen LogP contribution in [0.5, 0.6) is 0 Å². The van der Waals surface area contributed by atoms with Gasteiger partial charge >= 0.3 is 0 Å². The summed E-state index contributed by atoms with van der Waals surface area (Å²) in [7, 11) is 0. The van der Waals surface area contributed by atoms with E-state index in [0.29, 0.717) is 6.04 Å². The van der Waals surface area contributed by atoms with E-state index in [-0.39, 0.29) is 17.9 Å². The number of nitrogens with one attached hydrogen (secondary N) is 3. The number of hydrogen-bond acceptors (Lipinski definition) is 4. The molecule has 3 atom stereocenters. The standard InChI is InChI=1S/C23H27N3O2/c27-23(17-8-10-22-21(13-17)24-11-12-28-22)25-18-9-7-16-6-5-15-3-1-2-4-19(15)26-20(16)14-18/h1-4,7,9,14,17,21-22,24,26H,5-6,8,10-13H2,(H,25,27)/t17-,21+,22+/m0/s1. The summed E-state index contributed by atoms with van der Waals surface area (Å²) in [6.45, 7) is 1.66.